The fraction of sp³-hybridized carbons (Fsp3) is 0.483. The van der Waals surface area contributed by atoms with Gasteiger partial charge in [-0.05, 0) is 57.8 Å². The van der Waals surface area contributed by atoms with E-state index in [1.165, 1.54) is 16.3 Å². The summed E-state index contributed by atoms with van der Waals surface area (Å²) in [6.07, 6.45) is -7.36. The maximum atomic E-state index is 15.7. The topological polar surface area (TPSA) is 88.2 Å². The van der Waals surface area contributed by atoms with Crippen LogP contribution in [0.4, 0.5) is 4.39 Å². The summed E-state index contributed by atoms with van der Waals surface area (Å²) in [5.41, 5.74) is -3.67. The molecule has 5 rings (SSSR count). The predicted octanol–water partition coefficient (Wildman–Crippen LogP) is 3.56. The number of morpholine rings is 1. The van der Waals surface area contributed by atoms with Crippen molar-refractivity contribution in [3.8, 4) is 5.75 Å². The lowest BCUT2D eigenvalue weighted by atomic mass is 9.98. The van der Waals surface area contributed by atoms with Crippen molar-refractivity contribution < 1.29 is 43.3 Å². The Balaban J connectivity index is 1.50. The van der Waals surface area contributed by atoms with Crippen LogP contribution in [-0.2, 0) is 33.9 Å². The van der Waals surface area contributed by atoms with Gasteiger partial charge in [-0.15, -0.1) is 0 Å². The summed E-state index contributed by atoms with van der Waals surface area (Å²) < 4.78 is 121. The molecule has 3 heterocycles. The standard InChI is InChI=1S/C29H34FN3O5/c1-28(2)16-32(17-29(3,4)38-28)13-18-8-9-19(22(30)12-18)15-37-24-7-5-6-20-21(24)14-33(27(20)36)23-10-11-25(34)31-26(23)35/h5-9,12,23H,10-11,13-17H2,1-4H3,(H,31,34,35)/i10D2,11D2,13D2,14D2,15D2,23D. The average Bonchev–Trinajstić information content (AvgIpc) is 3.14. The molecule has 38 heavy (non-hydrogen) atoms. The molecule has 8 nitrogen and oxygen atoms in total. The minimum atomic E-state index is -3.79. The highest BCUT2D eigenvalue weighted by atomic mass is 19.1. The first-order valence-corrected chi connectivity index (χ1v) is 11.8. The third kappa shape index (κ3) is 5.44. The number of halogens is 1. The maximum absolute atomic E-state index is 15.7. The fourth-order valence-corrected chi connectivity index (χ4v) is 4.70. The summed E-state index contributed by atoms with van der Waals surface area (Å²) in [5, 5.41) is 1.49. The number of benzene rings is 2. The molecule has 1 atom stereocenters. The van der Waals surface area contributed by atoms with Crippen molar-refractivity contribution in [2.24, 2.45) is 0 Å². The van der Waals surface area contributed by atoms with Crippen molar-refractivity contribution in [1.29, 1.82) is 0 Å². The second-order valence-electron chi connectivity index (χ2n) is 10.3. The largest absolute Gasteiger partial charge is 0.488 e. The van der Waals surface area contributed by atoms with Crippen molar-refractivity contribution >= 4 is 17.7 Å². The SMILES string of the molecule is [2H]C([2H])(Oc1cccc2c1C([2H])([2H])N(C1([2H])C(=O)NC(=O)C([2H])([2H])C1([2H])[2H])C2=O)c1ccc(C([2H])([2H])N2CC(C)(C)OC(C)(C)C2)cc1F. The number of piperidine rings is 1. The van der Waals surface area contributed by atoms with Crippen molar-refractivity contribution in [1.82, 2.24) is 15.1 Å². The highest BCUT2D eigenvalue weighted by Gasteiger charge is 2.40. The number of rotatable bonds is 6. The van der Waals surface area contributed by atoms with E-state index in [-0.39, 0.29) is 23.6 Å². The maximum Gasteiger partial charge on any atom is 0.255 e. The van der Waals surface area contributed by atoms with E-state index in [9.17, 15) is 14.4 Å². The van der Waals surface area contributed by atoms with Crippen LogP contribution in [0.15, 0.2) is 36.4 Å². The summed E-state index contributed by atoms with van der Waals surface area (Å²) in [7, 11) is 0. The first kappa shape index (κ1) is 16.0. The zero-order chi connectivity index (χ0) is 37.1. The van der Waals surface area contributed by atoms with Gasteiger partial charge >= 0.3 is 0 Å². The van der Waals surface area contributed by atoms with Crippen LogP contribution in [0, 0.1) is 5.82 Å². The minimum absolute atomic E-state index is 0.129. The van der Waals surface area contributed by atoms with Gasteiger partial charge in [-0.3, -0.25) is 24.6 Å². The normalized spacial score (nSPS) is 33.8. The molecule has 202 valence electrons. The minimum Gasteiger partial charge on any atom is -0.488 e. The highest BCUT2D eigenvalue weighted by molar-refractivity contribution is 6.05. The molecule has 3 aliphatic rings. The monoisotopic (exact) mass is 534 g/mol. The number of amides is 3. The Kier molecular flexibility index (Phi) is 4.11. The van der Waals surface area contributed by atoms with Gasteiger partial charge in [-0.2, -0.15) is 0 Å². The third-order valence-electron chi connectivity index (χ3n) is 5.87. The molecule has 2 aromatic rings. The number of fused-ring (bicyclic) bond motifs is 1. The molecule has 0 spiro atoms. The van der Waals surface area contributed by atoms with Crippen LogP contribution in [0.5, 0.6) is 5.75 Å². The molecule has 0 bridgehead atoms. The number of nitrogens with one attached hydrogen (secondary N) is 1. The van der Waals surface area contributed by atoms with Gasteiger partial charge in [-0.1, -0.05) is 18.2 Å². The molecule has 9 heteroatoms. The Bertz CT molecular complexity index is 1750. The second kappa shape index (κ2) is 9.78. The van der Waals surface area contributed by atoms with Crippen LogP contribution in [0.3, 0.4) is 0 Å². The summed E-state index contributed by atoms with van der Waals surface area (Å²) >= 11 is 0. The van der Waals surface area contributed by atoms with Gasteiger partial charge in [0.1, 0.15) is 24.1 Å². The number of hydrogen-bond acceptors (Lipinski definition) is 6. The van der Waals surface area contributed by atoms with Gasteiger partial charge in [0.15, 0.2) is 0 Å². The third-order valence-corrected chi connectivity index (χ3v) is 5.87. The molecule has 3 amide bonds. The van der Waals surface area contributed by atoms with Gasteiger partial charge in [0.25, 0.3) is 5.91 Å². The van der Waals surface area contributed by atoms with E-state index in [1.807, 2.05) is 0 Å². The number of ether oxygens (including phenoxy) is 2. The van der Waals surface area contributed by atoms with Crippen LogP contribution in [-0.4, -0.2) is 57.8 Å². The Hall–Kier alpha value is -3.30. The van der Waals surface area contributed by atoms with Gasteiger partial charge in [0, 0.05) is 50.9 Å². The van der Waals surface area contributed by atoms with Crippen molar-refractivity contribution in [3.63, 3.8) is 0 Å². The average molecular weight is 535 g/mol. The summed E-state index contributed by atoms with van der Waals surface area (Å²) in [6, 6.07) is 2.46. The number of nitrogens with zero attached hydrogens (tertiary/aromatic N) is 2. The van der Waals surface area contributed by atoms with E-state index in [2.05, 4.69) is 0 Å². The predicted molar refractivity (Wildman–Crippen MR) is 138 cm³/mol. The molecule has 1 N–H and O–H groups in total. The number of carbonyl (C=O) groups is 3. The second-order valence-corrected chi connectivity index (χ2v) is 10.3. The van der Waals surface area contributed by atoms with Crippen molar-refractivity contribution in [2.75, 3.05) is 13.1 Å². The Morgan fingerprint density at radius 3 is 2.63 bits per heavy atom. The molecule has 1 unspecified atom stereocenters. The van der Waals surface area contributed by atoms with Crippen molar-refractivity contribution in [2.45, 2.75) is 77.2 Å². The van der Waals surface area contributed by atoms with Crippen LogP contribution in [0.1, 0.15) is 82.6 Å². The molecule has 0 radical (unpaired) electrons. The zero-order valence-electron chi connectivity index (χ0n) is 32.2. The van der Waals surface area contributed by atoms with Gasteiger partial charge < -0.3 is 14.4 Å². The smallest absolute Gasteiger partial charge is 0.255 e. The molecule has 0 saturated carbocycles. The lowest BCUT2D eigenvalue weighted by Gasteiger charge is -2.47. The quantitative estimate of drug-likeness (QED) is 0.571. The van der Waals surface area contributed by atoms with Gasteiger partial charge in [0.05, 0.1) is 24.6 Å². The number of imide groups is 1. The van der Waals surface area contributed by atoms with E-state index in [0.717, 1.165) is 30.3 Å². The lowest BCUT2D eigenvalue weighted by Crippen LogP contribution is -2.56. The first-order chi connectivity index (χ1) is 22.0. The molecule has 2 fully saturated rings. The van der Waals surface area contributed by atoms with Gasteiger partial charge in [0.2, 0.25) is 11.8 Å². The van der Waals surface area contributed by atoms with E-state index in [4.69, 9.17) is 24.6 Å². The summed E-state index contributed by atoms with van der Waals surface area (Å²) in [4.78, 5) is 40.0. The Morgan fingerprint density at radius 2 is 1.92 bits per heavy atom. The van der Waals surface area contributed by atoms with Crippen LogP contribution >= 0.6 is 0 Å². The first-order valence-electron chi connectivity index (χ1n) is 17.3. The van der Waals surface area contributed by atoms with E-state index >= 15 is 4.39 Å². The van der Waals surface area contributed by atoms with E-state index in [0.29, 0.717) is 0 Å². The number of hydrogen-bond donors (Lipinski definition) is 1. The molecule has 3 aliphatic heterocycles. The zero-order valence-corrected chi connectivity index (χ0v) is 21.2. The Morgan fingerprint density at radius 1 is 1.18 bits per heavy atom. The molecule has 0 aliphatic carbocycles. The Labute approximate surface area is 237 Å². The number of carbonyl (C=O) groups excluding carboxylic acids is 3. The fourth-order valence-electron chi connectivity index (χ4n) is 4.70. The van der Waals surface area contributed by atoms with Crippen LogP contribution in [0.2, 0.25) is 0 Å². The molecule has 2 aromatic carbocycles. The van der Waals surface area contributed by atoms with Gasteiger partial charge in [-0.25, -0.2) is 4.39 Å². The summed E-state index contributed by atoms with van der Waals surface area (Å²) in [6.45, 7) is -1.13. The molecular formula is C29H34FN3O5. The van der Waals surface area contributed by atoms with E-state index < -0.39 is 95.5 Å². The molecule has 0 aromatic heterocycles. The molecule has 2 saturated heterocycles. The van der Waals surface area contributed by atoms with E-state index in [1.54, 1.807) is 27.7 Å². The van der Waals surface area contributed by atoms with Crippen LogP contribution < -0.4 is 10.1 Å². The highest BCUT2D eigenvalue weighted by Crippen LogP contribution is 2.34. The van der Waals surface area contributed by atoms with Crippen LogP contribution in [0.25, 0.3) is 0 Å². The van der Waals surface area contributed by atoms with Crippen molar-refractivity contribution in [3.05, 3.63) is 64.5 Å². The molecular weight excluding hydrogens is 489 g/mol. The lowest BCUT2D eigenvalue weighted by molar-refractivity contribution is -0.182. The summed E-state index contributed by atoms with van der Waals surface area (Å²) in [5.74, 6) is -6.91.